The van der Waals surface area contributed by atoms with Crippen LogP contribution in [0, 0.1) is 5.82 Å². The molecule has 7 heteroatoms. The quantitative estimate of drug-likeness (QED) is 0.607. The number of benzene rings is 3. The van der Waals surface area contributed by atoms with E-state index in [0.717, 1.165) is 4.90 Å². The molecule has 0 aliphatic carbocycles. The van der Waals surface area contributed by atoms with Crippen LogP contribution in [0.25, 0.3) is 5.57 Å². The molecular formula is C24H19FN2O4. The lowest BCUT2D eigenvalue weighted by molar-refractivity contribution is -0.120. The van der Waals surface area contributed by atoms with Crippen LogP contribution in [0.2, 0.25) is 0 Å². The van der Waals surface area contributed by atoms with Crippen molar-refractivity contribution in [3.63, 3.8) is 0 Å². The second-order valence-corrected chi connectivity index (χ2v) is 6.73. The minimum Gasteiger partial charge on any atom is -0.497 e. The lowest BCUT2D eigenvalue weighted by Gasteiger charge is -2.16. The second-order valence-electron chi connectivity index (χ2n) is 6.73. The second kappa shape index (κ2) is 8.31. The summed E-state index contributed by atoms with van der Waals surface area (Å²) < 4.78 is 24.9. The Bertz CT molecular complexity index is 1190. The van der Waals surface area contributed by atoms with E-state index in [4.69, 9.17) is 9.47 Å². The molecule has 0 fully saturated rings. The largest absolute Gasteiger partial charge is 0.497 e. The predicted molar refractivity (Wildman–Crippen MR) is 115 cm³/mol. The Morgan fingerprint density at radius 1 is 0.806 bits per heavy atom. The van der Waals surface area contributed by atoms with Crippen LogP contribution in [-0.4, -0.2) is 26.0 Å². The molecule has 1 aliphatic rings. The van der Waals surface area contributed by atoms with Gasteiger partial charge in [0.15, 0.2) is 0 Å². The number of nitrogens with zero attached hydrogens (tertiary/aromatic N) is 1. The summed E-state index contributed by atoms with van der Waals surface area (Å²) in [5, 5.41) is 3.03. The van der Waals surface area contributed by atoms with Crippen LogP contribution in [0.1, 0.15) is 5.56 Å². The lowest BCUT2D eigenvalue weighted by Crippen LogP contribution is -2.33. The number of amides is 2. The molecule has 0 unspecified atom stereocenters. The van der Waals surface area contributed by atoms with Gasteiger partial charge in [0, 0.05) is 11.8 Å². The maximum absolute atomic E-state index is 14.5. The van der Waals surface area contributed by atoms with Gasteiger partial charge in [0.1, 0.15) is 23.0 Å². The Kier molecular flexibility index (Phi) is 5.41. The van der Waals surface area contributed by atoms with Gasteiger partial charge in [-0.2, -0.15) is 0 Å². The van der Waals surface area contributed by atoms with Crippen LogP contribution in [0.5, 0.6) is 11.5 Å². The third-order valence-electron chi connectivity index (χ3n) is 4.90. The standard InChI is InChI=1S/C24H19FN2O4/c1-30-17-12-10-15(11-13-17)21-22(26-16-6-5-7-18(14-16)31-2)24(29)27(23(21)28)20-9-4-3-8-19(20)25/h3-14,26H,1-2H3. The first kappa shape index (κ1) is 20.2. The summed E-state index contributed by atoms with van der Waals surface area (Å²) in [6, 6.07) is 19.4. The number of nitrogens with one attached hydrogen (secondary N) is 1. The third-order valence-corrected chi connectivity index (χ3v) is 4.90. The van der Waals surface area contributed by atoms with E-state index >= 15 is 0 Å². The maximum Gasteiger partial charge on any atom is 0.282 e. The fourth-order valence-electron chi connectivity index (χ4n) is 3.37. The van der Waals surface area contributed by atoms with Gasteiger partial charge in [0.2, 0.25) is 0 Å². The van der Waals surface area contributed by atoms with Gasteiger partial charge in [-0.3, -0.25) is 9.59 Å². The molecular weight excluding hydrogens is 399 g/mol. The minimum absolute atomic E-state index is 0.0478. The van der Waals surface area contributed by atoms with Gasteiger partial charge in [-0.15, -0.1) is 0 Å². The molecule has 156 valence electrons. The zero-order chi connectivity index (χ0) is 22.0. The molecule has 1 N–H and O–H groups in total. The molecule has 1 aliphatic heterocycles. The van der Waals surface area contributed by atoms with Gasteiger partial charge >= 0.3 is 0 Å². The molecule has 31 heavy (non-hydrogen) atoms. The number of halogens is 1. The number of carbonyl (C=O) groups excluding carboxylic acids is 2. The van der Waals surface area contributed by atoms with Gasteiger partial charge in [-0.25, -0.2) is 9.29 Å². The SMILES string of the molecule is COc1ccc(C2=C(Nc3cccc(OC)c3)C(=O)N(c3ccccc3F)C2=O)cc1. The molecule has 3 aromatic rings. The van der Waals surface area contributed by atoms with Crippen molar-refractivity contribution >= 4 is 28.8 Å². The highest BCUT2D eigenvalue weighted by Gasteiger charge is 2.41. The van der Waals surface area contributed by atoms with Crippen LogP contribution in [-0.2, 0) is 9.59 Å². The summed E-state index contributed by atoms with van der Waals surface area (Å²) in [5.74, 6) is -0.746. The molecule has 1 heterocycles. The summed E-state index contributed by atoms with van der Waals surface area (Å²) in [7, 11) is 3.07. The topological polar surface area (TPSA) is 67.9 Å². The average Bonchev–Trinajstić information content (AvgIpc) is 3.03. The number of hydrogen-bond acceptors (Lipinski definition) is 5. The van der Waals surface area contributed by atoms with Crippen molar-refractivity contribution in [2.45, 2.75) is 0 Å². The fourth-order valence-corrected chi connectivity index (χ4v) is 3.37. The number of ether oxygens (including phenoxy) is 2. The summed E-state index contributed by atoms with van der Waals surface area (Å²) >= 11 is 0. The number of carbonyl (C=O) groups is 2. The molecule has 0 bridgehead atoms. The first-order chi connectivity index (χ1) is 15.0. The molecule has 0 radical (unpaired) electrons. The monoisotopic (exact) mass is 418 g/mol. The van der Waals surface area contributed by atoms with Crippen LogP contribution < -0.4 is 19.7 Å². The van der Waals surface area contributed by atoms with Crippen LogP contribution in [0.4, 0.5) is 15.8 Å². The third kappa shape index (κ3) is 3.73. The summed E-state index contributed by atoms with van der Waals surface area (Å²) in [5.41, 5.74) is 1.14. The molecule has 0 spiro atoms. The molecule has 0 saturated heterocycles. The maximum atomic E-state index is 14.5. The average molecular weight is 418 g/mol. The van der Waals surface area contributed by atoms with E-state index in [0.29, 0.717) is 22.7 Å². The minimum atomic E-state index is -0.666. The van der Waals surface area contributed by atoms with Gasteiger partial charge < -0.3 is 14.8 Å². The zero-order valence-electron chi connectivity index (χ0n) is 16.9. The molecule has 0 saturated carbocycles. The Morgan fingerprint density at radius 2 is 1.52 bits per heavy atom. The predicted octanol–water partition coefficient (Wildman–Crippen LogP) is 4.24. The Morgan fingerprint density at radius 3 is 2.19 bits per heavy atom. The zero-order valence-corrected chi connectivity index (χ0v) is 16.9. The molecule has 4 rings (SSSR count). The number of methoxy groups -OCH3 is 2. The Balaban J connectivity index is 1.83. The smallest absolute Gasteiger partial charge is 0.282 e. The first-order valence-corrected chi connectivity index (χ1v) is 9.46. The van der Waals surface area contributed by atoms with Crippen LogP contribution in [0.15, 0.2) is 78.5 Å². The van der Waals surface area contributed by atoms with E-state index in [-0.39, 0.29) is 17.0 Å². The summed E-state index contributed by atoms with van der Waals surface area (Å²) in [6.07, 6.45) is 0. The van der Waals surface area contributed by atoms with Crippen molar-refractivity contribution in [3.05, 3.63) is 89.9 Å². The molecule has 3 aromatic carbocycles. The van der Waals surface area contributed by atoms with Gasteiger partial charge in [0.05, 0.1) is 25.5 Å². The Labute approximate surface area is 178 Å². The highest BCUT2D eigenvalue weighted by atomic mass is 19.1. The van der Waals surface area contributed by atoms with E-state index in [1.54, 1.807) is 54.6 Å². The summed E-state index contributed by atoms with van der Waals surface area (Å²) in [6.45, 7) is 0. The van der Waals surface area contributed by atoms with Gasteiger partial charge in [-0.05, 0) is 42.0 Å². The van der Waals surface area contributed by atoms with Crippen molar-refractivity contribution in [3.8, 4) is 11.5 Å². The molecule has 0 atom stereocenters. The number of anilines is 2. The van der Waals surface area contributed by atoms with Crippen molar-refractivity contribution < 1.29 is 23.5 Å². The lowest BCUT2D eigenvalue weighted by atomic mass is 10.0. The number of para-hydroxylation sites is 1. The summed E-state index contributed by atoms with van der Waals surface area (Å²) in [4.78, 5) is 27.5. The van der Waals surface area contributed by atoms with Gasteiger partial charge in [-0.1, -0.05) is 30.3 Å². The fraction of sp³-hybridized carbons (Fsp3) is 0.0833. The van der Waals surface area contributed by atoms with E-state index in [9.17, 15) is 14.0 Å². The highest BCUT2D eigenvalue weighted by molar-refractivity contribution is 6.46. The van der Waals surface area contributed by atoms with Crippen LogP contribution >= 0.6 is 0 Å². The van der Waals surface area contributed by atoms with Crippen molar-refractivity contribution in [1.82, 2.24) is 0 Å². The number of imide groups is 1. The van der Waals surface area contributed by atoms with E-state index in [1.165, 1.54) is 32.4 Å². The normalized spacial score (nSPS) is 13.6. The first-order valence-electron chi connectivity index (χ1n) is 9.46. The van der Waals surface area contributed by atoms with Crippen molar-refractivity contribution in [2.75, 3.05) is 24.4 Å². The molecule has 6 nitrogen and oxygen atoms in total. The molecule has 0 aromatic heterocycles. The number of rotatable bonds is 6. The number of hydrogen-bond donors (Lipinski definition) is 1. The highest BCUT2D eigenvalue weighted by Crippen LogP contribution is 2.35. The van der Waals surface area contributed by atoms with Crippen molar-refractivity contribution in [1.29, 1.82) is 0 Å². The van der Waals surface area contributed by atoms with E-state index < -0.39 is 17.6 Å². The van der Waals surface area contributed by atoms with E-state index in [2.05, 4.69) is 5.32 Å². The van der Waals surface area contributed by atoms with Gasteiger partial charge in [0.25, 0.3) is 11.8 Å². The van der Waals surface area contributed by atoms with Crippen molar-refractivity contribution in [2.24, 2.45) is 0 Å². The molecule has 2 amide bonds. The Hall–Kier alpha value is -4.13. The van der Waals surface area contributed by atoms with Crippen LogP contribution in [0.3, 0.4) is 0 Å². The van der Waals surface area contributed by atoms with E-state index in [1.807, 2.05) is 0 Å².